The number of hydrogen-bond donors (Lipinski definition) is 0. The van der Waals surface area contributed by atoms with Crippen LogP contribution in [0.25, 0.3) is 10.2 Å². The van der Waals surface area contributed by atoms with Crippen molar-refractivity contribution in [3.63, 3.8) is 0 Å². The lowest BCUT2D eigenvalue weighted by atomic mass is 10.0. The fraction of sp³-hybridized carbons (Fsp3) is 0.533. The van der Waals surface area contributed by atoms with Crippen LogP contribution < -0.4 is 11.2 Å². The first-order chi connectivity index (χ1) is 18.6. The van der Waals surface area contributed by atoms with Gasteiger partial charge in [-0.2, -0.15) is 0 Å². The zero-order chi connectivity index (χ0) is 30.0. The Morgan fingerprint density at radius 1 is 1.02 bits per heavy atom. The summed E-state index contributed by atoms with van der Waals surface area (Å²) in [4.78, 5) is 54.8. The monoisotopic (exact) mass is 572 g/mol. The number of fused-ring (bicyclic) bond motifs is 1. The lowest BCUT2D eigenvalue weighted by molar-refractivity contribution is -0.164. The van der Waals surface area contributed by atoms with Crippen molar-refractivity contribution in [2.75, 3.05) is 13.2 Å². The van der Waals surface area contributed by atoms with Crippen LogP contribution in [0.2, 0.25) is 0 Å². The van der Waals surface area contributed by atoms with Crippen LogP contribution >= 0.6 is 11.3 Å². The van der Waals surface area contributed by atoms with Gasteiger partial charge in [-0.15, -0.1) is 11.3 Å². The van der Waals surface area contributed by atoms with E-state index >= 15 is 0 Å². The molecule has 10 heteroatoms. The summed E-state index contributed by atoms with van der Waals surface area (Å²) in [6.45, 7) is 16.2. The van der Waals surface area contributed by atoms with Crippen molar-refractivity contribution in [3.05, 3.63) is 67.2 Å². The number of carbonyl (C=O) groups excluding carboxylic acids is 2. The Hall–Kier alpha value is -3.24. The molecule has 0 bridgehead atoms. The van der Waals surface area contributed by atoms with Gasteiger partial charge in [-0.05, 0) is 65.5 Å². The summed E-state index contributed by atoms with van der Waals surface area (Å²) in [6.07, 6.45) is -0.534. The number of aryl methyl sites for hydroxylation is 1. The third-order valence-electron chi connectivity index (χ3n) is 6.28. The molecule has 0 radical (unpaired) electrons. The number of carbonyl (C=O) groups is 2. The zero-order valence-electron chi connectivity index (χ0n) is 24.8. The van der Waals surface area contributed by atoms with E-state index in [1.54, 1.807) is 34.6 Å². The standard InChI is InChI=1S/C30H40N2O7S/c1-10-37-26(34)23-19(4)22-24(33)32(30(8,9)27(35)39-29(5,6)7)28(36)31(25(22)40-23)16-21(38-17-18(2)3)20-14-12-11-13-15-20/h11-15,18,21H,10,16-17H2,1-9H3. The first-order valence-electron chi connectivity index (χ1n) is 13.5. The molecule has 0 aliphatic carbocycles. The van der Waals surface area contributed by atoms with Crippen LogP contribution in [0.5, 0.6) is 0 Å². The van der Waals surface area contributed by atoms with Gasteiger partial charge in [0.1, 0.15) is 27.0 Å². The molecule has 0 aliphatic heterocycles. The molecule has 0 amide bonds. The molecule has 3 aromatic rings. The molecule has 0 N–H and O–H groups in total. The van der Waals surface area contributed by atoms with Crippen LogP contribution in [0.1, 0.15) is 82.3 Å². The van der Waals surface area contributed by atoms with E-state index in [0.29, 0.717) is 17.0 Å². The number of nitrogens with zero attached hydrogens (tertiary/aromatic N) is 2. The summed E-state index contributed by atoms with van der Waals surface area (Å²) in [5.74, 6) is -1.06. The van der Waals surface area contributed by atoms with E-state index in [2.05, 4.69) is 0 Å². The van der Waals surface area contributed by atoms with Crippen molar-refractivity contribution in [1.82, 2.24) is 9.13 Å². The maximum absolute atomic E-state index is 14.2. The minimum Gasteiger partial charge on any atom is -0.462 e. The summed E-state index contributed by atoms with van der Waals surface area (Å²) in [5.41, 5.74) is -2.59. The van der Waals surface area contributed by atoms with E-state index in [1.165, 1.54) is 18.4 Å². The number of benzene rings is 1. The van der Waals surface area contributed by atoms with Crippen molar-refractivity contribution in [2.45, 2.75) is 86.1 Å². The van der Waals surface area contributed by atoms with E-state index in [-0.39, 0.29) is 29.3 Å². The minimum absolute atomic E-state index is 0.0545. The van der Waals surface area contributed by atoms with Gasteiger partial charge in [0.25, 0.3) is 5.56 Å². The van der Waals surface area contributed by atoms with E-state index in [1.807, 2.05) is 44.2 Å². The van der Waals surface area contributed by atoms with Gasteiger partial charge in [0.2, 0.25) is 0 Å². The fourth-order valence-corrected chi connectivity index (χ4v) is 5.48. The quantitative estimate of drug-likeness (QED) is 0.308. The van der Waals surface area contributed by atoms with Crippen LogP contribution in [0, 0.1) is 12.8 Å². The van der Waals surface area contributed by atoms with Gasteiger partial charge in [-0.3, -0.25) is 9.36 Å². The van der Waals surface area contributed by atoms with E-state index in [0.717, 1.165) is 21.5 Å². The van der Waals surface area contributed by atoms with Crippen molar-refractivity contribution < 1.29 is 23.8 Å². The summed E-state index contributed by atoms with van der Waals surface area (Å²) in [7, 11) is 0. The molecule has 2 heterocycles. The maximum atomic E-state index is 14.2. The average molecular weight is 573 g/mol. The zero-order valence-corrected chi connectivity index (χ0v) is 25.6. The molecule has 218 valence electrons. The summed E-state index contributed by atoms with van der Waals surface area (Å²) < 4.78 is 19.5. The van der Waals surface area contributed by atoms with E-state index < -0.39 is 40.4 Å². The highest BCUT2D eigenvalue weighted by Gasteiger charge is 2.39. The van der Waals surface area contributed by atoms with Crippen LogP contribution in [0.15, 0.2) is 39.9 Å². The summed E-state index contributed by atoms with van der Waals surface area (Å²) in [6, 6.07) is 9.50. The van der Waals surface area contributed by atoms with Crippen molar-refractivity contribution >= 4 is 33.5 Å². The Kier molecular flexibility index (Phi) is 9.46. The highest BCUT2D eigenvalue weighted by atomic mass is 32.1. The van der Waals surface area contributed by atoms with Gasteiger partial charge in [-0.25, -0.2) is 19.0 Å². The molecule has 1 atom stereocenters. The van der Waals surface area contributed by atoms with Crippen LogP contribution in [0.4, 0.5) is 0 Å². The van der Waals surface area contributed by atoms with Gasteiger partial charge in [0.05, 0.1) is 18.5 Å². The first kappa shape index (κ1) is 31.3. The SMILES string of the molecule is CCOC(=O)c1sc2c(c1C)c(=O)n(C(C)(C)C(=O)OC(C)(C)C)c(=O)n2CC(OCC(C)C)c1ccccc1. The summed E-state index contributed by atoms with van der Waals surface area (Å²) >= 11 is 1.03. The molecular weight excluding hydrogens is 532 g/mol. The molecule has 0 spiro atoms. The number of ether oxygens (including phenoxy) is 3. The molecule has 1 aromatic carbocycles. The average Bonchev–Trinajstić information content (AvgIpc) is 3.20. The fourth-order valence-electron chi connectivity index (χ4n) is 4.28. The maximum Gasteiger partial charge on any atom is 0.348 e. The largest absolute Gasteiger partial charge is 0.462 e. The third-order valence-corrected chi connectivity index (χ3v) is 7.58. The van der Waals surface area contributed by atoms with Gasteiger partial charge < -0.3 is 14.2 Å². The highest BCUT2D eigenvalue weighted by molar-refractivity contribution is 7.20. The molecule has 0 fully saturated rings. The molecule has 9 nitrogen and oxygen atoms in total. The molecular formula is C30H40N2O7S. The smallest absolute Gasteiger partial charge is 0.348 e. The second kappa shape index (κ2) is 12.1. The lowest BCUT2D eigenvalue weighted by Crippen LogP contribution is -2.54. The Morgan fingerprint density at radius 2 is 1.65 bits per heavy atom. The van der Waals surface area contributed by atoms with E-state index in [4.69, 9.17) is 14.2 Å². The molecule has 0 saturated carbocycles. The number of thiophene rings is 1. The number of hydrogen-bond acceptors (Lipinski definition) is 8. The van der Waals surface area contributed by atoms with Gasteiger partial charge in [0.15, 0.2) is 0 Å². The van der Waals surface area contributed by atoms with Crippen molar-refractivity contribution in [2.24, 2.45) is 5.92 Å². The Labute approximate surface area is 238 Å². The lowest BCUT2D eigenvalue weighted by Gasteiger charge is -2.30. The molecule has 0 aliphatic rings. The minimum atomic E-state index is -1.64. The number of aromatic nitrogens is 2. The molecule has 3 rings (SSSR count). The normalized spacial score (nSPS) is 13.1. The van der Waals surface area contributed by atoms with Gasteiger partial charge in [-0.1, -0.05) is 44.2 Å². The number of rotatable bonds is 10. The first-order valence-corrected chi connectivity index (χ1v) is 14.3. The topological polar surface area (TPSA) is 106 Å². The predicted molar refractivity (Wildman–Crippen MR) is 156 cm³/mol. The Morgan fingerprint density at radius 3 is 2.20 bits per heavy atom. The Balaban J connectivity index is 2.35. The van der Waals surface area contributed by atoms with Crippen molar-refractivity contribution in [1.29, 1.82) is 0 Å². The second-order valence-electron chi connectivity index (χ2n) is 11.7. The molecule has 1 unspecified atom stereocenters. The van der Waals surface area contributed by atoms with Crippen LogP contribution in [-0.2, 0) is 31.1 Å². The van der Waals surface area contributed by atoms with Gasteiger partial charge in [0, 0.05) is 6.61 Å². The predicted octanol–water partition coefficient (Wildman–Crippen LogP) is 5.20. The third kappa shape index (κ3) is 6.55. The van der Waals surface area contributed by atoms with Crippen LogP contribution in [-0.4, -0.2) is 39.9 Å². The Bertz CT molecular complexity index is 1490. The molecule has 40 heavy (non-hydrogen) atoms. The second-order valence-corrected chi connectivity index (χ2v) is 12.7. The van der Waals surface area contributed by atoms with Gasteiger partial charge >= 0.3 is 17.6 Å². The molecule has 0 saturated heterocycles. The highest BCUT2D eigenvalue weighted by Crippen LogP contribution is 2.31. The van der Waals surface area contributed by atoms with Crippen LogP contribution in [0.3, 0.4) is 0 Å². The summed E-state index contributed by atoms with van der Waals surface area (Å²) in [5, 5.41) is 0.181. The molecule has 2 aromatic heterocycles. The van der Waals surface area contributed by atoms with Crippen molar-refractivity contribution in [3.8, 4) is 0 Å². The number of esters is 2. The van der Waals surface area contributed by atoms with E-state index in [9.17, 15) is 19.2 Å².